The van der Waals surface area contributed by atoms with Crippen LogP contribution in [-0.4, -0.2) is 16.2 Å². The van der Waals surface area contributed by atoms with Gasteiger partial charge in [0.15, 0.2) is 0 Å². The average Bonchev–Trinajstić information content (AvgIpc) is 2.85. The molecule has 0 amide bonds. The molecule has 0 saturated heterocycles. The van der Waals surface area contributed by atoms with E-state index in [0.717, 1.165) is 11.6 Å². The highest BCUT2D eigenvalue weighted by Gasteiger charge is 2.10. The lowest BCUT2D eigenvalue weighted by atomic mass is 10.1. The van der Waals surface area contributed by atoms with Gasteiger partial charge in [-0.25, -0.2) is 4.79 Å². The molecule has 2 aromatic rings. The summed E-state index contributed by atoms with van der Waals surface area (Å²) < 4.78 is 5.42. The molecule has 1 unspecified atom stereocenters. The number of hydrogen-bond acceptors (Lipinski definition) is 3. The molecule has 0 spiro atoms. The van der Waals surface area contributed by atoms with Gasteiger partial charge in [-0.1, -0.05) is 30.3 Å². The van der Waals surface area contributed by atoms with Crippen molar-refractivity contribution in [3.8, 4) is 0 Å². The van der Waals surface area contributed by atoms with Crippen molar-refractivity contribution in [2.45, 2.75) is 12.5 Å². The Hall–Kier alpha value is -2.33. The van der Waals surface area contributed by atoms with Crippen molar-refractivity contribution in [3.05, 3.63) is 65.6 Å². The van der Waals surface area contributed by atoms with Crippen molar-refractivity contribution in [2.75, 3.05) is 0 Å². The number of rotatable bonds is 5. The van der Waals surface area contributed by atoms with E-state index >= 15 is 0 Å². The van der Waals surface area contributed by atoms with E-state index in [2.05, 4.69) is 0 Å². The lowest BCUT2D eigenvalue weighted by Gasteiger charge is -2.08. The summed E-state index contributed by atoms with van der Waals surface area (Å²) in [6, 6.07) is 12.7. The van der Waals surface area contributed by atoms with Gasteiger partial charge >= 0.3 is 5.97 Å². The van der Waals surface area contributed by atoms with Crippen LogP contribution >= 0.6 is 0 Å². The lowest BCUT2D eigenvalue weighted by Crippen LogP contribution is -2.00. The molecule has 0 bridgehead atoms. The first kappa shape index (κ1) is 13.1. The van der Waals surface area contributed by atoms with E-state index in [-0.39, 0.29) is 0 Å². The Morgan fingerprint density at radius 3 is 2.63 bits per heavy atom. The molecule has 0 saturated carbocycles. The van der Waals surface area contributed by atoms with Crippen LogP contribution in [-0.2, 0) is 11.2 Å². The first-order chi connectivity index (χ1) is 9.15. The quantitative estimate of drug-likeness (QED) is 0.809. The summed E-state index contributed by atoms with van der Waals surface area (Å²) in [6.07, 6.45) is 2.10. The van der Waals surface area contributed by atoms with Crippen molar-refractivity contribution >= 4 is 12.0 Å². The monoisotopic (exact) mass is 258 g/mol. The van der Waals surface area contributed by atoms with E-state index in [1.54, 1.807) is 12.1 Å². The first-order valence-electron chi connectivity index (χ1n) is 5.88. The van der Waals surface area contributed by atoms with Gasteiger partial charge in [-0.2, -0.15) is 0 Å². The van der Waals surface area contributed by atoms with Gasteiger partial charge < -0.3 is 14.6 Å². The van der Waals surface area contributed by atoms with Crippen LogP contribution in [0.25, 0.3) is 6.08 Å². The predicted octanol–water partition coefficient (Wildman–Crippen LogP) is 2.65. The molecule has 2 N–H and O–H groups in total. The number of furan rings is 1. The number of hydrogen-bond donors (Lipinski definition) is 2. The predicted molar refractivity (Wildman–Crippen MR) is 70.5 cm³/mol. The van der Waals surface area contributed by atoms with Gasteiger partial charge in [0.05, 0.1) is 6.10 Å². The minimum Gasteiger partial charge on any atom is -0.478 e. The third kappa shape index (κ3) is 3.82. The number of aliphatic hydroxyl groups excluding tert-OH is 1. The third-order valence-corrected chi connectivity index (χ3v) is 2.65. The largest absolute Gasteiger partial charge is 0.478 e. The summed E-state index contributed by atoms with van der Waals surface area (Å²) in [4.78, 5) is 10.4. The molecule has 98 valence electrons. The topological polar surface area (TPSA) is 70.7 Å². The van der Waals surface area contributed by atoms with Crippen LogP contribution < -0.4 is 0 Å². The zero-order valence-corrected chi connectivity index (χ0v) is 10.2. The van der Waals surface area contributed by atoms with Crippen LogP contribution in [0, 0.1) is 0 Å². The molecule has 0 aliphatic rings. The van der Waals surface area contributed by atoms with Crippen LogP contribution in [0.2, 0.25) is 0 Å². The molecule has 1 aromatic heterocycles. The molecule has 1 aromatic carbocycles. The second kappa shape index (κ2) is 6.02. The molecule has 4 nitrogen and oxygen atoms in total. The van der Waals surface area contributed by atoms with Crippen molar-refractivity contribution in [3.63, 3.8) is 0 Å². The fraction of sp³-hybridized carbons (Fsp3) is 0.133. The molecule has 19 heavy (non-hydrogen) atoms. The van der Waals surface area contributed by atoms with Gasteiger partial charge in [-0.15, -0.1) is 0 Å². The Kier molecular flexibility index (Phi) is 4.15. The molecule has 2 rings (SSSR count). The van der Waals surface area contributed by atoms with E-state index in [4.69, 9.17) is 9.52 Å². The molecule has 4 heteroatoms. The number of benzene rings is 1. The summed E-state index contributed by atoms with van der Waals surface area (Å²) in [5.74, 6) is 0.0429. The molecule has 1 heterocycles. The SMILES string of the molecule is O=C(O)C=Cc1ccc(CC(O)c2ccccc2)o1. The summed E-state index contributed by atoms with van der Waals surface area (Å²) in [5, 5.41) is 18.5. The highest BCUT2D eigenvalue weighted by Crippen LogP contribution is 2.20. The smallest absolute Gasteiger partial charge is 0.328 e. The van der Waals surface area contributed by atoms with Crippen LogP contribution in [0.15, 0.2) is 53.0 Å². The molecule has 0 fully saturated rings. The minimum absolute atomic E-state index is 0.352. The maximum Gasteiger partial charge on any atom is 0.328 e. The van der Waals surface area contributed by atoms with E-state index in [1.807, 2.05) is 30.3 Å². The average molecular weight is 258 g/mol. The third-order valence-electron chi connectivity index (χ3n) is 2.65. The second-order valence-electron chi connectivity index (χ2n) is 4.11. The number of carboxylic acid groups (broad SMARTS) is 1. The minimum atomic E-state index is -1.03. The zero-order valence-electron chi connectivity index (χ0n) is 10.2. The molecular weight excluding hydrogens is 244 g/mol. The van der Waals surface area contributed by atoms with Crippen LogP contribution in [0.4, 0.5) is 0 Å². The van der Waals surface area contributed by atoms with Gasteiger partial charge in [0.1, 0.15) is 11.5 Å². The van der Waals surface area contributed by atoms with Crippen LogP contribution in [0.5, 0.6) is 0 Å². The van der Waals surface area contributed by atoms with Crippen molar-refractivity contribution in [1.82, 2.24) is 0 Å². The van der Waals surface area contributed by atoms with Gasteiger partial charge in [-0.3, -0.25) is 0 Å². The first-order valence-corrected chi connectivity index (χ1v) is 5.88. The highest BCUT2D eigenvalue weighted by molar-refractivity contribution is 5.84. The Morgan fingerprint density at radius 1 is 1.21 bits per heavy atom. The van der Waals surface area contributed by atoms with Crippen molar-refractivity contribution in [2.24, 2.45) is 0 Å². The van der Waals surface area contributed by atoms with E-state index in [9.17, 15) is 9.90 Å². The fourth-order valence-corrected chi connectivity index (χ4v) is 1.73. The lowest BCUT2D eigenvalue weighted by molar-refractivity contribution is -0.131. The Morgan fingerprint density at radius 2 is 1.95 bits per heavy atom. The van der Waals surface area contributed by atoms with E-state index in [1.165, 1.54) is 6.08 Å². The number of aliphatic hydroxyl groups is 1. The fourth-order valence-electron chi connectivity index (χ4n) is 1.73. The Labute approximate surface area is 110 Å². The second-order valence-corrected chi connectivity index (χ2v) is 4.11. The molecule has 1 atom stereocenters. The van der Waals surface area contributed by atoms with Crippen LogP contribution in [0.1, 0.15) is 23.2 Å². The van der Waals surface area contributed by atoms with Gasteiger partial charge in [0.2, 0.25) is 0 Å². The highest BCUT2D eigenvalue weighted by atomic mass is 16.4. The maximum atomic E-state index is 10.4. The standard InChI is InChI=1S/C15H14O4/c16-14(11-4-2-1-3-5-11)10-13-7-6-12(19-13)8-9-15(17)18/h1-9,14,16H,10H2,(H,17,18). The van der Waals surface area contributed by atoms with Gasteiger partial charge in [0, 0.05) is 12.5 Å². The normalized spacial score (nSPS) is 12.7. The molecular formula is C15H14O4. The number of carboxylic acids is 1. The number of aliphatic carboxylic acids is 1. The maximum absolute atomic E-state index is 10.4. The summed E-state index contributed by atoms with van der Waals surface area (Å²) in [7, 11) is 0. The van der Waals surface area contributed by atoms with Crippen molar-refractivity contribution in [1.29, 1.82) is 0 Å². The van der Waals surface area contributed by atoms with E-state index in [0.29, 0.717) is 17.9 Å². The molecule has 0 radical (unpaired) electrons. The van der Waals surface area contributed by atoms with Crippen molar-refractivity contribution < 1.29 is 19.4 Å². The molecule has 0 aliphatic heterocycles. The zero-order chi connectivity index (χ0) is 13.7. The van der Waals surface area contributed by atoms with Gasteiger partial charge in [-0.05, 0) is 23.8 Å². The Balaban J connectivity index is 2.02. The Bertz CT molecular complexity index is 569. The summed E-state index contributed by atoms with van der Waals surface area (Å²) in [5.41, 5.74) is 0.821. The molecule has 0 aliphatic carbocycles. The van der Waals surface area contributed by atoms with Crippen LogP contribution in [0.3, 0.4) is 0 Å². The summed E-state index contributed by atoms with van der Waals surface area (Å²) in [6.45, 7) is 0. The summed E-state index contributed by atoms with van der Waals surface area (Å²) >= 11 is 0. The number of carbonyl (C=O) groups is 1. The van der Waals surface area contributed by atoms with Gasteiger partial charge in [0.25, 0.3) is 0 Å². The van der Waals surface area contributed by atoms with E-state index < -0.39 is 12.1 Å².